The van der Waals surface area contributed by atoms with Crippen molar-refractivity contribution in [3.05, 3.63) is 39.9 Å². The van der Waals surface area contributed by atoms with Crippen LogP contribution in [0.15, 0.2) is 22.7 Å². The van der Waals surface area contributed by atoms with Crippen molar-refractivity contribution in [3.63, 3.8) is 0 Å². The van der Waals surface area contributed by atoms with Crippen molar-refractivity contribution in [1.29, 1.82) is 0 Å². The summed E-state index contributed by atoms with van der Waals surface area (Å²) in [6.07, 6.45) is 1.78. The lowest BCUT2D eigenvalue weighted by Crippen LogP contribution is -2.54. The Morgan fingerprint density at radius 3 is 2.69 bits per heavy atom. The molecule has 1 amide bonds. The molecule has 0 aliphatic carbocycles. The number of amides is 1. The van der Waals surface area contributed by atoms with E-state index in [1.165, 1.54) is 5.38 Å². The molecule has 3 heterocycles. The number of likely N-dealkylation sites (tertiary alicyclic amines) is 1. The highest BCUT2D eigenvalue weighted by molar-refractivity contribution is 7.13. The van der Waals surface area contributed by atoms with E-state index in [2.05, 4.69) is 20.4 Å². The first-order valence-electron chi connectivity index (χ1n) is 11.1. The molecule has 0 radical (unpaired) electrons. The molecule has 1 unspecified atom stereocenters. The van der Waals surface area contributed by atoms with E-state index in [-0.39, 0.29) is 46.8 Å². The number of piperidine rings is 1. The van der Waals surface area contributed by atoms with Gasteiger partial charge in [-0.2, -0.15) is 0 Å². The summed E-state index contributed by atoms with van der Waals surface area (Å²) >= 11 is 1.07. The molecule has 2 aromatic rings. The van der Waals surface area contributed by atoms with Crippen LogP contribution in [-0.2, 0) is 17.8 Å². The van der Waals surface area contributed by atoms with E-state index < -0.39 is 24.9 Å². The monoisotopic (exact) mass is 503 g/mol. The molecule has 2 aliphatic rings. The lowest BCUT2D eigenvalue weighted by molar-refractivity contribution is -0.115. The summed E-state index contributed by atoms with van der Waals surface area (Å²) in [5, 5.41) is 46.3. The minimum absolute atomic E-state index is 0.0221. The van der Waals surface area contributed by atoms with E-state index in [4.69, 9.17) is 10.4 Å². The van der Waals surface area contributed by atoms with Crippen molar-refractivity contribution in [3.8, 4) is 5.75 Å². The predicted octanol–water partition coefficient (Wildman–Crippen LogP) is -0.0543. The molecule has 2 aliphatic heterocycles. The van der Waals surface area contributed by atoms with Crippen molar-refractivity contribution < 1.29 is 34.7 Å². The highest BCUT2D eigenvalue weighted by Crippen LogP contribution is 2.34. The number of nitrogens with zero attached hydrogens (tertiary/aromatic N) is 3. The number of hydrogen-bond donors (Lipinski definition) is 6. The average Bonchev–Trinajstić information content (AvgIpc) is 3.26. The van der Waals surface area contributed by atoms with Crippen LogP contribution in [-0.4, -0.2) is 80.7 Å². The molecule has 35 heavy (non-hydrogen) atoms. The van der Waals surface area contributed by atoms with Gasteiger partial charge in [0.25, 0.3) is 5.91 Å². The Labute approximate surface area is 205 Å². The van der Waals surface area contributed by atoms with Gasteiger partial charge in [0.2, 0.25) is 0 Å². The smallest absolute Gasteiger partial charge is 0.534 e. The number of anilines is 1. The van der Waals surface area contributed by atoms with Crippen molar-refractivity contribution >= 4 is 41.2 Å². The number of thiazole rings is 1. The molecule has 1 fully saturated rings. The molecule has 0 spiro atoms. The van der Waals surface area contributed by atoms with Gasteiger partial charge in [-0.05, 0) is 49.4 Å². The number of carbonyl (C=O) groups is 2. The second-order valence-corrected chi connectivity index (χ2v) is 9.50. The number of carboxylic acids is 1. The van der Waals surface area contributed by atoms with Crippen LogP contribution in [0.1, 0.15) is 40.0 Å². The number of aliphatic hydroxyl groups is 1. The second-order valence-electron chi connectivity index (χ2n) is 8.61. The Morgan fingerprint density at radius 1 is 1.34 bits per heavy atom. The van der Waals surface area contributed by atoms with Crippen LogP contribution >= 0.6 is 11.3 Å². The van der Waals surface area contributed by atoms with Gasteiger partial charge in [-0.3, -0.25) is 9.69 Å². The Hall–Kier alpha value is -3.20. The molecular formula is C21H26BN5O7S. The molecule has 1 aromatic heterocycles. The van der Waals surface area contributed by atoms with Gasteiger partial charge in [0, 0.05) is 18.5 Å². The summed E-state index contributed by atoms with van der Waals surface area (Å²) in [5.74, 6) is -2.55. The molecule has 1 saturated heterocycles. The lowest BCUT2D eigenvalue weighted by atomic mass is 9.72. The van der Waals surface area contributed by atoms with E-state index in [1.54, 1.807) is 12.1 Å². The summed E-state index contributed by atoms with van der Waals surface area (Å²) in [5.41, 5.74) is 6.33. The molecule has 4 rings (SSSR count). The van der Waals surface area contributed by atoms with Gasteiger partial charge in [0.05, 0.1) is 5.94 Å². The third-order valence-electron chi connectivity index (χ3n) is 6.32. The van der Waals surface area contributed by atoms with Gasteiger partial charge in [-0.1, -0.05) is 17.3 Å². The quantitative estimate of drug-likeness (QED) is 0.129. The number of aromatic carboxylic acids is 1. The van der Waals surface area contributed by atoms with Crippen molar-refractivity contribution in [1.82, 2.24) is 15.2 Å². The molecule has 12 nitrogen and oxygen atoms in total. The van der Waals surface area contributed by atoms with Crippen LogP contribution in [0.5, 0.6) is 5.75 Å². The number of hydrogen-bond acceptors (Lipinski definition) is 11. The van der Waals surface area contributed by atoms with E-state index in [9.17, 15) is 30.0 Å². The molecule has 7 N–H and O–H groups in total. The number of aromatic nitrogens is 1. The van der Waals surface area contributed by atoms with Crippen LogP contribution < -0.4 is 15.7 Å². The second kappa shape index (κ2) is 10.6. The topological polar surface area (TPSA) is 191 Å². The Morgan fingerprint density at radius 2 is 2.09 bits per heavy atom. The molecule has 1 aromatic carbocycles. The number of rotatable bonds is 7. The van der Waals surface area contributed by atoms with Gasteiger partial charge >= 0.3 is 13.1 Å². The van der Waals surface area contributed by atoms with Gasteiger partial charge in [-0.25, -0.2) is 9.78 Å². The number of fused-ring (bicyclic) bond motifs is 1. The Kier molecular flexibility index (Phi) is 7.55. The molecule has 1 atom stereocenters. The summed E-state index contributed by atoms with van der Waals surface area (Å²) in [7, 11) is -1.53. The van der Waals surface area contributed by atoms with Gasteiger partial charge in [0.15, 0.2) is 10.8 Å². The molecule has 0 saturated carbocycles. The van der Waals surface area contributed by atoms with E-state index >= 15 is 0 Å². The number of aliphatic hydroxyl groups excluding tert-OH is 1. The molecule has 186 valence electrons. The van der Waals surface area contributed by atoms with Gasteiger partial charge in [0.1, 0.15) is 17.0 Å². The average molecular weight is 503 g/mol. The number of carboxylic acid groups (broad SMARTS) is 1. The summed E-state index contributed by atoms with van der Waals surface area (Å²) in [6, 6.07) is 3.45. The van der Waals surface area contributed by atoms with Crippen LogP contribution in [0.2, 0.25) is 0 Å². The number of oxime groups is 1. The fourth-order valence-electron chi connectivity index (χ4n) is 4.41. The standard InChI is InChI=1S/C21H26BN5O7S/c23-21-24-14(10-35-21)17(26-33)19(29)25-15-7-12-1-2-13(8-27-5-3-11(9-28)4-6-27)16(20(30)31)18(12)34-22(15)32/h1-2,10-11,15,28,32-33H,3-9H2,(H2,23,24)(H,25,29)(H,30,31). The maximum atomic E-state index is 12.6. The van der Waals surface area contributed by atoms with Crippen molar-refractivity contribution in [2.24, 2.45) is 11.1 Å². The van der Waals surface area contributed by atoms with Crippen LogP contribution in [0.4, 0.5) is 5.13 Å². The number of nitrogen functional groups attached to an aromatic ring is 1. The zero-order chi connectivity index (χ0) is 25.1. The van der Waals surface area contributed by atoms with E-state index in [0.717, 1.165) is 37.3 Å². The van der Waals surface area contributed by atoms with Gasteiger partial charge < -0.3 is 36.1 Å². The Bertz CT molecular complexity index is 1140. The number of nitrogens with one attached hydrogen (secondary N) is 1. The largest absolute Gasteiger partial charge is 0.547 e. The van der Waals surface area contributed by atoms with E-state index in [1.807, 2.05) is 0 Å². The molecule has 0 bridgehead atoms. The zero-order valence-electron chi connectivity index (χ0n) is 18.8. The maximum absolute atomic E-state index is 12.6. The minimum Gasteiger partial charge on any atom is -0.534 e. The Balaban J connectivity index is 1.51. The number of benzene rings is 1. The third kappa shape index (κ3) is 5.40. The maximum Gasteiger partial charge on any atom is 0.547 e. The summed E-state index contributed by atoms with van der Waals surface area (Å²) in [4.78, 5) is 30.8. The summed E-state index contributed by atoms with van der Waals surface area (Å²) < 4.78 is 5.60. The normalized spacial score (nSPS) is 19.2. The highest BCUT2D eigenvalue weighted by Gasteiger charge is 2.39. The van der Waals surface area contributed by atoms with Crippen LogP contribution in [0.25, 0.3) is 0 Å². The van der Waals surface area contributed by atoms with Crippen LogP contribution in [0.3, 0.4) is 0 Å². The fraction of sp³-hybridized carbons (Fsp3) is 0.429. The minimum atomic E-state index is -1.53. The van der Waals surface area contributed by atoms with Crippen LogP contribution in [0, 0.1) is 5.92 Å². The SMILES string of the molecule is Nc1nc(C(=NO)C(=O)NC2Cc3ccc(CN4CCC(CO)CC4)c(C(=O)O)c3OB2O)cs1. The summed E-state index contributed by atoms with van der Waals surface area (Å²) in [6.45, 7) is 2.05. The first kappa shape index (κ1) is 24.9. The van der Waals surface area contributed by atoms with E-state index in [0.29, 0.717) is 17.7 Å². The first-order valence-corrected chi connectivity index (χ1v) is 12.0. The van der Waals surface area contributed by atoms with Crippen molar-refractivity contribution in [2.75, 3.05) is 25.4 Å². The predicted molar refractivity (Wildman–Crippen MR) is 128 cm³/mol. The lowest BCUT2D eigenvalue weighted by Gasteiger charge is -2.33. The number of carbonyl (C=O) groups excluding carboxylic acids is 1. The third-order valence-corrected chi connectivity index (χ3v) is 6.99. The number of nitrogens with two attached hydrogens (primary N) is 1. The van der Waals surface area contributed by atoms with Crippen molar-refractivity contribution in [2.45, 2.75) is 31.7 Å². The highest BCUT2D eigenvalue weighted by atomic mass is 32.1. The zero-order valence-corrected chi connectivity index (χ0v) is 19.6. The van der Waals surface area contributed by atoms with Gasteiger partial charge in [-0.15, -0.1) is 11.3 Å². The molecule has 14 heteroatoms. The first-order chi connectivity index (χ1) is 16.8. The molecular weight excluding hydrogens is 477 g/mol. The fourth-order valence-corrected chi connectivity index (χ4v) is 4.95.